The lowest BCUT2D eigenvalue weighted by atomic mass is 10.1. The molecule has 0 aliphatic heterocycles. The Morgan fingerprint density at radius 3 is 2.47 bits per heavy atom. The number of rotatable bonds is 2. The smallest absolute Gasteiger partial charge is 0.335 e. The van der Waals surface area contributed by atoms with Crippen LogP contribution in [0.25, 0.3) is 11.3 Å². The van der Waals surface area contributed by atoms with Gasteiger partial charge in [0.2, 0.25) is 0 Å². The van der Waals surface area contributed by atoms with Crippen LogP contribution in [0.4, 0.5) is 0 Å². The minimum atomic E-state index is -0.933. The van der Waals surface area contributed by atoms with E-state index in [-0.39, 0.29) is 5.56 Å². The summed E-state index contributed by atoms with van der Waals surface area (Å²) < 4.78 is 0.479. The second-order valence-electron chi connectivity index (χ2n) is 2.87. The highest BCUT2D eigenvalue weighted by Crippen LogP contribution is 2.24. The molecule has 0 saturated carbocycles. The van der Waals surface area contributed by atoms with Gasteiger partial charge in [0, 0.05) is 10.9 Å². The molecular formula is C10H6ClNO2S. The van der Waals surface area contributed by atoms with E-state index in [2.05, 4.69) is 4.98 Å². The molecule has 15 heavy (non-hydrogen) atoms. The number of carbonyl (C=O) groups is 1. The summed E-state index contributed by atoms with van der Waals surface area (Å²) in [5.74, 6) is -0.933. The topological polar surface area (TPSA) is 50.2 Å². The molecule has 5 heteroatoms. The van der Waals surface area contributed by atoms with Crippen LogP contribution in [-0.2, 0) is 0 Å². The Labute approximate surface area is 95.0 Å². The zero-order valence-electron chi connectivity index (χ0n) is 7.48. The van der Waals surface area contributed by atoms with E-state index in [1.165, 1.54) is 11.3 Å². The Hall–Kier alpha value is -1.39. The van der Waals surface area contributed by atoms with Gasteiger partial charge in [-0.3, -0.25) is 0 Å². The Bertz CT molecular complexity index is 492. The molecule has 0 atom stereocenters. The van der Waals surface area contributed by atoms with Gasteiger partial charge in [-0.25, -0.2) is 9.78 Å². The zero-order chi connectivity index (χ0) is 10.8. The summed E-state index contributed by atoms with van der Waals surface area (Å²) in [6, 6.07) is 6.53. The molecule has 0 bridgehead atoms. The quantitative estimate of drug-likeness (QED) is 0.876. The number of halogens is 1. The monoisotopic (exact) mass is 239 g/mol. The number of nitrogens with zero attached hydrogens (tertiary/aromatic N) is 1. The van der Waals surface area contributed by atoms with Crippen molar-refractivity contribution < 1.29 is 9.90 Å². The molecular weight excluding hydrogens is 234 g/mol. The molecule has 1 heterocycles. The third kappa shape index (κ3) is 2.16. The van der Waals surface area contributed by atoms with Gasteiger partial charge in [0.25, 0.3) is 0 Å². The number of carboxylic acid groups (broad SMARTS) is 1. The first-order chi connectivity index (χ1) is 7.16. The Balaban J connectivity index is 2.35. The summed E-state index contributed by atoms with van der Waals surface area (Å²) in [4.78, 5) is 14.7. The van der Waals surface area contributed by atoms with E-state index in [0.29, 0.717) is 4.47 Å². The van der Waals surface area contributed by atoms with Crippen molar-refractivity contribution >= 4 is 28.9 Å². The fraction of sp³-hybridized carbons (Fsp3) is 0. The summed E-state index contributed by atoms with van der Waals surface area (Å²) in [7, 11) is 0. The molecule has 0 fully saturated rings. The van der Waals surface area contributed by atoms with Gasteiger partial charge in [-0.15, -0.1) is 11.3 Å². The second kappa shape index (κ2) is 4.00. The molecule has 1 N–H and O–H groups in total. The molecule has 3 nitrogen and oxygen atoms in total. The predicted octanol–water partition coefficient (Wildman–Crippen LogP) is 3.16. The summed E-state index contributed by atoms with van der Waals surface area (Å²) in [6.45, 7) is 0. The van der Waals surface area contributed by atoms with Gasteiger partial charge in [-0.05, 0) is 12.1 Å². The normalized spacial score (nSPS) is 10.2. The molecule has 76 valence electrons. The van der Waals surface area contributed by atoms with E-state index in [1.807, 2.05) is 5.38 Å². The van der Waals surface area contributed by atoms with Crippen molar-refractivity contribution in [2.24, 2.45) is 0 Å². The average Bonchev–Trinajstić information content (AvgIpc) is 2.65. The number of aromatic nitrogens is 1. The lowest BCUT2D eigenvalue weighted by molar-refractivity contribution is 0.0697. The van der Waals surface area contributed by atoms with Crippen molar-refractivity contribution in [2.75, 3.05) is 0 Å². The lowest BCUT2D eigenvalue weighted by Gasteiger charge is -1.97. The SMILES string of the molecule is O=C(O)c1ccc(-c2csc(Cl)n2)cc1. The maximum atomic E-state index is 10.6. The number of thiazole rings is 1. The molecule has 0 amide bonds. The second-order valence-corrected chi connectivity index (χ2v) is 4.31. The Morgan fingerprint density at radius 2 is 2.00 bits per heavy atom. The molecule has 2 rings (SSSR count). The van der Waals surface area contributed by atoms with Gasteiger partial charge >= 0.3 is 5.97 Å². The summed E-state index contributed by atoms with van der Waals surface area (Å²) in [5.41, 5.74) is 1.89. The highest BCUT2D eigenvalue weighted by molar-refractivity contribution is 7.14. The lowest BCUT2D eigenvalue weighted by Crippen LogP contribution is -1.94. The van der Waals surface area contributed by atoms with Gasteiger partial charge < -0.3 is 5.11 Å². The average molecular weight is 240 g/mol. The van der Waals surface area contributed by atoms with Gasteiger partial charge in [0.15, 0.2) is 4.47 Å². The van der Waals surface area contributed by atoms with E-state index < -0.39 is 5.97 Å². The molecule has 1 aromatic carbocycles. The zero-order valence-corrected chi connectivity index (χ0v) is 9.05. The van der Waals surface area contributed by atoms with Gasteiger partial charge in [0.05, 0.1) is 11.3 Å². The number of aromatic carboxylic acids is 1. The number of benzene rings is 1. The highest BCUT2D eigenvalue weighted by atomic mass is 35.5. The third-order valence-electron chi connectivity index (χ3n) is 1.90. The van der Waals surface area contributed by atoms with E-state index in [1.54, 1.807) is 24.3 Å². The first kappa shape index (κ1) is 10.1. The van der Waals surface area contributed by atoms with Crippen LogP contribution in [-0.4, -0.2) is 16.1 Å². The van der Waals surface area contributed by atoms with E-state index in [9.17, 15) is 4.79 Å². The molecule has 2 aromatic rings. The molecule has 0 aliphatic carbocycles. The number of hydrogen-bond donors (Lipinski definition) is 1. The number of carboxylic acids is 1. The Morgan fingerprint density at radius 1 is 1.33 bits per heavy atom. The van der Waals surface area contributed by atoms with Crippen LogP contribution >= 0.6 is 22.9 Å². The predicted molar refractivity (Wildman–Crippen MR) is 59.5 cm³/mol. The van der Waals surface area contributed by atoms with Crippen LogP contribution in [0.15, 0.2) is 29.6 Å². The molecule has 0 unspecified atom stereocenters. The van der Waals surface area contributed by atoms with Crippen LogP contribution in [0.1, 0.15) is 10.4 Å². The third-order valence-corrected chi connectivity index (χ3v) is 2.88. The van der Waals surface area contributed by atoms with E-state index in [4.69, 9.17) is 16.7 Å². The van der Waals surface area contributed by atoms with Crippen LogP contribution in [0.3, 0.4) is 0 Å². The first-order valence-corrected chi connectivity index (χ1v) is 5.37. The fourth-order valence-electron chi connectivity index (χ4n) is 1.17. The van der Waals surface area contributed by atoms with Gasteiger partial charge in [-0.1, -0.05) is 23.7 Å². The van der Waals surface area contributed by atoms with Crippen molar-refractivity contribution in [2.45, 2.75) is 0 Å². The molecule has 0 spiro atoms. The standard InChI is InChI=1S/C10H6ClNO2S/c11-10-12-8(5-15-10)6-1-3-7(4-2-6)9(13)14/h1-5H,(H,13,14). The van der Waals surface area contributed by atoms with Crippen molar-refractivity contribution in [3.63, 3.8) is 0 Å². The molecule has 0 aliphatic rings. The molecule has 0 saturated heterocycles. The molecule has 1 aromatic heterocycles. The van der Waals surface area contributed by atoms with Crippen LogP contribution < -0.4 is 0 Å². The van der Waals surface area contributed by atoms with Crippen LogP contribution in [0.5, 0.6) is 0 Å². The minimum absolute atomic E-state index is 0.264. The van der Waals surface area contributed by atoms with Crippen molar-refractivity contribution in [3.8, 4) is 11.3 Å². The highest BCUT2D eigenvalue weighted by Gasteiger charge is 2.05. The Kier molecular flexibility index (Phi) is 2.70. The van der Waals surface area contributed by atoms with Crippen molar-refractivity contribution in [1.29, 1.82) is 0 Å². The number of hydrogen-bond acceptors (Lipinski definition) is 3. The van der Waals surface area contributed by atoms with Crippen LogP contribution in [0, 0.1) is 0 Å². The summed E-state index contributed by atoms with van der Waals surface area (Å²) >= 11 is 7.05. The fourth-order valence-corrected chi connectivity index (χ4v) is 1.94. The largest absolute Gasteiger partial charge is 0.478 e. The molecule has 0 radical (unpaired) electrons. The van der Waals surface area contributed by atoms with Crippen molar-refractivity contribution in [3.05, 3.63) is 39.7 Å². The van der Waals surface area contributed by atoms with Gasteiger partial charge in [-0.2, -0.15) is 0 Å². The minimum Gasteiger partial charge on any atom is -0.478 e. The summed E-state index contributed by atoms with van der Waals surface area (Å²) in [6.07, 6.45) is 0. The first-order valence-electron chi connectivity index (χ1n) is 4.11. The van der Waals surface area contributed by atoms with Gasteiger partial charge in [0.1, 0.15) is 0 Å². The van der Waals surface area contributed by atoms with Crippen LogP contribution in [0.2, 0.25) is 4.47 Å². The van der Waals surface area contributed by atoms with E-state index in [0.717, 1.165) is 11.3 Å². The maximum absolute atomic E-state index is 10.6. The van der Waals surface area contributed by atoms with E-state index >= 15 is 0 Å². The summed E-state index contributed by atoms with van der Waals surface area (Å²) in [5, 5.41) is 10.5. The maximum Gasteiger partial charge on any atom is 0.335 e. The van der Waals surface area contributed by atoms with Crippen molar-refractivity contribution in [1.82, 2.24) is 4.98 Å².